The Morgan fingerprint density at radius 2 is 2.00 bits per heavy atom. The van der Waals surface area contributed by atoms with Crippen LogP contribution >= 0.6 is 0 Å². The minimum absolute atomic E-state index is 0.222. The van der Waals surface area contributed by atoms with Crippen molar-refractivity contribution in [2.24, 2.45) is 0 Å². The first kappa shape index (κ1) is 12.1. The Balaban J connectivity index is 2.02. The minimum atomic E-state index is -0.230. The van der Waals surface area contributed by atoms with Gasteiger partial charge in [-0.15, -0.1) is 0 Å². The smallest absolute Gasteiger partial charge is 0.223 e. The van der Waals surface area contributed by atoms with Gasteiger partial charge in [0.1, 0.15) is 5.82 Å². The van der Waals surface area contributed by atoms with E-state index in [-0.39, 0.29) is 11.7 Å². The van der Waals surface area contributed by atoms with Gasteiger partial charge in [-0.25, -0.2) is 4.39 Å². The van der Waals surface area contributed by atoms with Gasteiger partial charge in [0.25, 0.3) is 0 Å². The molecule has 0 saturated heterocycles. The van der Waals surface area contributed by atoms with Gasteiger partial charge in [-0.2, -0.15) is 0 Å². The molecule has 1 fully saturated rings. The lowest BCUT2D eigenvalue weighted by molar-refractivity contribution is -0.132. The fourth-order valence-electron chi connectivity index (χ4n) is 1.95. The number of hydrogen-bond acceptors (Lipinski definition) is 1. The summed E-state index contributed by atoms with van der Waals surface area (Å²) in [4.78, 5) is 13.9. The highest BCUT2D eigenvalue weighted by Crippen LogP contribution is 2.29. The molecule has 0 aliphatic heterocycles. The Labute approximate surface area is 101 Å². The van der Waals surface area contributed by atoms with Gasteiger partial charge in [0.15, 0.2) is 0 Å². The molecule has 0 unspecified atom stereocenters. The molecular formula is C14H18FNO. The number of carbonyl (C=O) groups excluding carboxylic acids is 1. The summed E-state index contributed by atoms with van der Waals surface area (Å²) >= 11 is 0. The molecule has 3 heteroatoms. The number of benzene rings is 1. The lowest BCUT2D eigenvalue weighted by Gasteiger charge is -2.22. The number of hydrogen-bond donors (Lipinski definition) is 0. The largest absolute Gasteiger partial charge is 0.335 e. The highest BCUT2D eigenvalue weighted by Gasteiger charge is 2.31. The SMILES string of the molecule is CCCC(=O)N(Cc1ccc(F)cc1)C1CC1. The molecule has 92 valence electrons. The van der Waals surface area contributed by atoms with E-state index in [0.717, 1.165) is 24.8 Å². The van der Waals surface area contributed by atoms with Crippen LogP contribution in [0, 0.1) is 5.82 Å². The molecule has 17 heavy (non-hydrogen) atoms. The van der Waals surface area contributed by atoms with Crippen molar-refractivity contribution in [2.75, 3.05) is 0 Å². The third-order valence-corrected chi connectivity index (χ3v) is 3.04. The summed E-state index contributed by atoms with van der Waals surface area (Å²) in [6, 6.07) is 6.82. The summed E-state index contributed by atoms with van der Waals surface area (Å²) in [5.74, 6) is -0.00840. The zero-order valence-electron chi connectivity index (χ0n) is 10.2. The lowest BCUT2D eigenvalue weighted by Crippen LogP contribution is -2.32. The fourth-order valence-corrected chi connectivity index (χ4v) is 1.95. The molecule has 0 N–H and O–H groups in total. The summed E-state index contributed by atoms with van der Waals surface area (Å²) in [6.45, 7) is 2.63. The van der Waals surface area contributed by atoms with Gasteiger partial charge >= 0.3 is 0 Å². The molecule has 1 saturated carbocycles. The molecule has 1 aromatic rings. The first-order chi connectivity index (χ1) is 8.20. The molecule has 1 aromatic carbocycles. The van der Waals surface area contributed by atoms with Crippen molar-refractivity contribution in [1.82, 2.24) is 4.90 Å². The molecule has 0 spiro atoms. The summed E-state index contributed by atoms with van der Waals surface area (Å²) < 4.78 is 12.8. The molecule has 0 heterocycles. The van der Waals surface area contributed by atoms with Gasteiger partial charge in [-0.1, -0.05) is 19.1 Å². The number of carbonyl (C=O) groups is 1. The van der Waals surface area contributed by atoms with Crippen molar-refractivity contribution in [1.29, 1.82) is 0 Å². The van der Waals surface area contributed by atoms with E-state index in [0.29, 0.717) is 19.0 Å². The van der Waals surface area contributed by atoms with Crippen LogP contribution in [0.15, 0.2) is 24.3 Å². The zero-order chi connectivity index (χ0) is 12.3. The van der Waals surface area contributed by atoms with Crippen LogP contribution in [0.4, 0.5) is 4.39 Å². The quantitative estimate of drug-likeness (QED) is 0.768. The van der Waals surface area contributed by atoms with Crippen LogP contribution in [0.3, 0.4) is 0 Å². The Bertz CT molecular complexity index is 384. The second-order valence-electron chi connectivity index (χ2n) is 4.63. The number of halogens is 1. The average Bonchev–Trinajstić information content (AvgIpc) is 3.12. The van der Waals surface area contributed by atoms with Gasteiger partial charge in [0.05, 0.1) is 0 Å². The Morgan fingerprint density at radius 3 is 2.53 bits per heavy atom. The molecule has 1 aliphatic rings. The van der Waals surface area contributed by atoms with Crippen molar-refractivity contribution in [3.05, 3.63) is 35.6 Å². The van der Waals surface area contributed by atoms with Crippen LogP contribution in [0.5, 0.6) is 0 Å². The van der Waals surface area contributed by atoms with Crippen LogP contribution in [0.1, 0.15) is 38.2 Å². The predicted molar refractivity (Wildman–Crippen MR) is 64.9 cm³/mol. The fraction of sp³-hybridized carbons (Fsp3) is 0.500. The van der Waals surface area contributed by atoms with E-state index < -0.39 is 0 Å². The van der Waals surface area contributed by atoms with E-state index in [4.69, 9.17) is 0 Å². The molecule has 1 amide bonds. The lowest BCUT2D eigenvalue weighted by atomic mass is 10.2. The molecule has 0 bridgehead atoms. The van der Waals surface area contributed by atoms with Gasteiger partial charge < -0.3 is 4.90 Å². The monoisotopic (exact) mass is 235 g/mol. The molecule has 0 atom stereocenters. The molecule has 0 radical (unpaired) electrons. The normalized spacial score (nSPS) is 14.7. The van der Waals surface area contributed by atoms with Crippen molar-refractivity contribution in [2.45, 2.75) is 45.2 Å². The van der Waals surface area contributed by atoms with Gasteiger partial charge in [-0.05, 0) is 37.0 Å². The third kappa shape index (κ3) is 3.29. The predicted octanol–water partition coefficient (Wildman–Crippen LogP) is 3.12. The van der Waals surface area contributed by atoms with Crippen molar-refractivity contribution in [3.8, 4) is 0 Å². The summed E-state index contributed by atoms with van der Waals surface area (Å²) in [7, 11) is 0. The van der Waals surface area contributed by atoms with E-state index in [1.807, 2.05) is 11.8 Å². The van der Waals surface area contributed by atoms with Gasteiger partial charge in [-0.3, -0.25) is 4.79 Å². The van der Waals surface area contributed by atoms with E-state index in [1.54, 1.807) is 12.1 Å². The van der Waals surface area contributed by atoms with Crippen LogP contribution in [0.2, 0.25) is 0 Å². The highest BCUT2D eigenvalue weighted by molar-refractivity contribution is 5.76. The van der Waals surface area contributed by atoms with Gasteiger partial charge in [0, 0.05) is 19.0 Å². The third-order valence-electron chi connectivity index (χ3n) is 3.04. The Kier molecular flexibility index (Phi) is 3.77. The van der Waals surface area contributed by atoms with Crippen LogP contribution in [-0.2, 0) is 11.3 Å². The maximum atomic E-state index is 12.8. The second kappa shape index (κ2) is 5.30. The van der Waals surface area contributed by atoms with E-state index in [2.05, 4.69) is 0 Å². The minimum Gasteiger partial charge on any atom is -0.335 e. The van der Waals surface area contributed by atoms with Crippen molar-refractivity contribution >= 4 is 5.91 Å². The molecule has 1 aliphatic carbocycles. The summed E-state index contributed by atoms with van der Waals surface area (Å²) in [5.41, 5.74) is 1.00. The number of rotatable bonds is 5. The van der Waals surface area contributed by atoms with Gasteiger partial charge in [0.2, 0.25) is 5.91 Å². The van der Waals surface area contributed by atoms with E-state index in [1.165, 1.54) is 12.1 Å². The maximum absolute atomic E-state index is 12.8. The average molecular weight is 235 g/mol. The molecule has 2 rings (SSSR count). The number of nitrogens with zero attached hydrogens (tertiary/aromatic N) is 1. The molecule has 0 aromatic heterocycles. The first-order valence-corrected chi connectivity index (χ1v) is 6.24. The van der Waals surface area contributed by atoms with Crippen LogP contribution in [-0.4, -0.2) is 16.8 Å². The first-order valence-electron chi connectivity index (χ1n) is 6.24. The van der Waals surface area contributed by atoms with Crippen LogP contribution in [0.25, 0.3) is 0 Å². The van der Waals surface area contributed by atoms with E-state index in [9.17, 15) is 9.18 Å². The maximum Gasteiger partial charge on any atom is 0.223 e. The van der Waals surface area contributed by atoms with E-state index >= 15 is 0 Å². The second-order valence-corrected chi connectivity index (χ2v) is 4.63. The molecule has 2 nitrogen and oxygen atoms in total. The van der Waals surface area contributed by atoms with Crippen molar-refractivity contribution < 1.29 is 9.18 Å². The Morgan fingerprint density at radius 1 is 1.35 bits per heavy atom. The highest BCUT2D eigenvalue weighted by atomic mass is 19.1. The zero-order valence-corrected chi connectivity index (χ0v) is 10.2. The summed E-state index contributed by atoms with van der Waals surface area (Å²) in [6.07, 6.45) is 3.70. The van der Waals surface area contributed by atoms with Crippen molar-refractivity contribution in [3.63, 3.8) is 0 Å². The Hall–Kier alpha value is -1.38. The summed E-state index contributed by atoms with van der Waals surface area (Å²) in [5, 5.41) is 0. The standard InChI is InChI=1S/C14H18FNO/c1-2-3-14(17)16(13-8-9-13)10-11-4-6-12(15)7-5-11/h4-7,13H,2-3,8-10H2,1H3. The topological polar surface area (TPSA) is 20.3 Å². The molecular weight excluding hydrogens is 217 g/mol. The number of amides is 1. The van der Waals surface area contributed by atoms with Crippen LogP contribution < -0.4 is 0 Å².